The van der Waals surface area contributed by atoms with E-state index >= 15 is 0 Å². The number of halogens is 2. The topological polar surface area (TPSA) is 50.9 Å². The number of pyridine rings is 1. The third kappa shape index (κ3) is 4.44. The molecular weight excluding hydrogens is 217 g/mol. The zero-order valence-electron chi connectivity index (χ0n) is 8.47. The van der Waals surface area contributed by atoms with Crippen LogP contribution in [0.2, 0.25) is 5.02 Å². The van der Waals surface area contributed by atoms with Crippen molar-refractivity contribution in [2.24, 2.45) is 5.73 Å². The maximum Gasteiger partial charge on any atom is 0.166 e. The molecule has 0 saturated heterocycles. The van der Waals surface area contributed by atoms with Gasteiger partial charge in [0.15, 0.2) is 11.6 Å². The lowest BCUT2D eigenvalue weighted by Gasteiger charge is -2.06. The van der Waals surface area contributed by atoms with E-state index in [4.69, 9.17) is 17.3 Å². The van der Waals surface area contributed by atoms with Crippen molar-refractivity contribution in [2.45, 2.75) is 19.3 Å². The van der Waals surface area contributed by atoms with E-state index < -0.39 is 5.82 Å². The summed E-state index contributed by atoms with van der Waals surface area (Å²) in [6.45, 7) is 1.40. The van der Waals surface area contributed by atoms with Crippen LogP contribution in [0, 0.1) is 5.82 Å². The number of nitrogens with one attached hydrogen (secondary N) is 1. The summed E-state index contributed by atoms with van der Waals surface area (Å²) in [5, 5.41) is 3.22. The van der Waals surface area contributed by atoms with E-state index in [1.54, 1.807) is 0 Å². The Morgan fingerprint density at radius 3 is 2.87 bits per heavy atom. The van der Waals surface area contributed by atoms with Gasteiger partial charge in [0.25, 0.3) is 0 Å². The Kier molecular flexibility index (Phi) is 5.36. The van der Waals surface area contributed by atoms with Gasteiger partial charge in [-0.25, -0.2) is 9.37 Å². The molecule has 0 radical (unpaired) electrons. The van der Waals surface area contributed by atoms with Gasteiger partial charge in [-0.2, -0.15) is 0 Å². The Hall–Kier alpha value is -0.870. The normalized spacial score (nSPS) is 10.3. The molecule has 3 nitrogen and oxygen atoms in total. The smallest absolute Gasteiger partial charge is 0.166 e. The van der Waals surface area contributed by atoms with Crippen LogP contribution in [0.4, 0.5) is 10.2 Å². The molecule has 1 aromatic heterocycles. The van der Waals surface area contributed by atoms with Crippen LogP contribution in [0.5, 0.6) is 0 Å². The average molecular weight is 232 g/mol. The second-order valence-electron chi connectivity index (χ2n) is 3.26. The van der Waals surface area contributed by atoms with Gasteiger partial charge >= 0.3 is 0 Å². The van der Waals surface area contributed by atoms with Gasteiger partial charge in [-0.15, -0.1) is 0 Å². The van der Waals surface area contributed by atoms with Crippen LogP contribution in [-0.2, 0) is 0 Å². The van der Waals surface area contributed by atoms with E-state index in [0.29, 0.717) is 18.1 Å². The fourth-order valence-electron chi connectivity index (χ4n) is 1.20. The Labute approximate surface area is 93.8 Å². The summed E-state index contributed by atoms with van der Waals surface area (Å²) in [5.41, 5.74) is 5.36. The molecule has 15 heavy (non-hydrogen) atoms. The molecule has 0 atom stereocenters. The SMILES string of the molecule is NCCCCCNc1ncc(Cl)cc1F. The number of unbranched alkanes of at least 4 members (excludes halogenated alkanes) is 2. The lowest BCUT2D eigenvalue weighted by molar-refractivity contribution is 0.622. The van der Waals surface area contributed by atoms with Gasteiger partial charge in [-0.3, -0.25) is 0 Å². The Morgan fingerprint density at radius 2 is 2.20 bits per heavy atom. The van der Waals surface area contributed by atoms with Crippen molar-refractivity contribution in [1.82, 2.24) is 4.98 Å². The fourth-order valence-corrected chi connectivity index (χ4v) is 1.34. The van der Waals surface area contributed by atoms with Gasteiger partial charge in [-0.05, 0) is 25.5 Å². The predicted octanol–water partition coefficient (Wildman–Crippen LogP) is 2.42. The first-order valence-corrected chi connectivity index (χ1v) is 5.37. The monoisotopic (exact) mass is 231 g/mol. The van der Waals surface area contributed by atoms with E-state index in [1.807, 2.05) is 0 Å². The van der Waals surface area contributed by atoms with Crippen LogP contribution in [0.3, 0.4) is 0 Å². The van der Waals surface area contributed by atoms with Gasteiger partial charge in [0.1, 0.15) is 0 Å². The highest BCUT2D eigenvalue weighted by Gasteiger charge is 2.02. The molecule has 84 valence electrons. The summed E-state index contributed by atoms with van der Waals surface area (Å²) in [7, 11) is 0. The number of aromatic nitrogens is 1. The van der Waals surface area contributed by atoms with Gasteiger partial charge in [-0.1, -0.05) is 18.0 Å². The minimum atomic E-state index is -0.415. The first-order valence-electron chi connectivity index (χ1n) is 4.99. The van der Waals surface area contributed by atoms with Crippen molar-refractivity contribution in [3.63, 3.8) is 0 Å². The maximum atomic E-state index is 13.2. The van der Waals surface area contributed by atoms with Gasteiger partial charge in [0, 0.05) is 12.7 Å². The number of rotatable bonds is 6. The van der Waals surface area contributed by atoms with Crippen molar-refractivity contribution in [3.8, 4) is 0 Å². The van der Waals surface area contributed by atoms with Gasteiger partial charge < -0.3 is 11.1 Å². The van der Waals surface area contributed by atoms with Crippen molar-refractivity contribution < 1.29 is 4.39 Å². The zero-order valence-corrected chi connectivity index (χ0v) is 9.23. The lowest BCUT2D eigenvalue weighted by atomic mass is 10.2. The fraction of sp³-hybridized carbons (Fsp3) is 0.500. The van der Waals surface area contributed by atoms with Crippen molar-refractivity contribution in [3.05, 3.63) is 23.1 Å². The molecule has 0 aliphatic carbocycles. The summed E-state index contributed by atoms with van der Waals surface area (Å²) in [6, 6.07) is 1.25. The van der Waals surface area contributed by atoms with E-state index in [2.05, 4.69) is 10.3 Å². The van der Waals surface area contributed by atoms with Gasteiger partial charge in [0.05, 0.1) is 5.02 Å². The lowest BCUT2D eigenvalue weighted by Crippen LogP contribution is -2.06. The number of nitrogens with zero attached hydrogens (tertiary/aromatic N) is 1. The summed E-state index contributed by atoms with van der Waals surface area (Å²) in [6.07, 6.45) is 4.42. The molecule has 0 aliphatic heterocycles. The molecule has 0 saturated carbocycles. The van der Waals surface area contributed by atoms with Crippen LogP contribution in [0.25, 0.3) is 0 Å². The third-order valence-electron chi connectivity index (χ3n) is 1.98. The molecule has 1 rings (SSSR count). The average Bonchev–Trinajstić information content (AvgIpc) is 2.20. The number of hydrogen-bond donors (Lipinski definition) is 2. The summed E-state index contributed by atoms with van der Waals surface area (Å²) >= 11 is 5.58. The molecule has 3 N–H and O–H groups in total. The minimum absolute atomic E-state index is 0.257. The summed E-state index contributed by atoms with van der Waals surface area (Å²) in [4.78, 5) is 3.85. The van der Waals surface area contributed by atoms with E-state index in [1.165, 1.54) is 12.3 Å². The quantitative estimate of drug-likeness (QED) is 0.740. The van der Waals surface area contributed by atoms with Crippen molar-refractivity contribution in [2.75, 3.05) is 18.4 Å². The van der Waals surface area contributed by atoms with Crippen LogP contribution in [0.1, 0.15) is 19.3 Å². The summed E-state index contributed by atoms with van der Waals surface area (Å²) in [5.74, 6) is -0.159. The van der Waals surface area contributed by atoms with Crippen LogP contribution in [0.15, 0.2) is 12.3 Å². The third-order valence-corrected chi connectivity index (χ3v) is 2.19. The van der Waals surface area contributed by atoms with Crippen molar-refractivity contribution in [1.29, 1.82) is 0 Å². The highest BCUT2D eigenvalue weighted by molar-refractivity contribution is 6.30. The van der Waals surface area contributed by atoms with Crippen LogP contribution in [-0.4, -0.2) is 18.1 Å². The maximum absolute atomic E-state index is 13.2. The largest absolute Gasteiger partial charge is 0.368 e. The number of anilines is 1. The molecule has 0 bridgehead atoms. The van der Waals surface area contributed by atoms with Crippen LogP contribution >= 0.6 is 11.6 Å². The zero-order chi connectivity index (χ0) is 11.1. The molecule has 0 aliphatic rings. The molecule has 5 heteroatoms. The molecule has 0 aromatic carbocycles. The predicted molar refractivity (Wildman–Crippen MR) is 60.6 cm³/mol. The highest BCUT2D eigenvalue weighted by atomic mass is 35.5. The summed E-state index contributed by atoms with van der Waals surface area (Å²) < 4.78 is 13.2. The molecule has 0 amide bonds. The molecule has 1 heterocycles. The van der Waals surface area contributed by atoms with Crippen LogP contribution < -0.4 is 11.1 Å². The van der Waals surface area contributed by atoms with E-state index in [9.17, 15) is 4.39 Å². The first-order chi connectivity index (χ1) is 7.24. The Bertz CT molecular complexity index is 307. The standard InChI is InChI=1S/C10H15ClFN3/c11-8-6-9(12)10(15-7-8)14-5-3-1-2-4-13/h6-7H,1-5,13H2,(H,14,15). The minimum Gasteiger partial charge on any atom is -0.368 e. The van der Waals surface area contributed by atoms with Gasteiger partial charge in [0.2, 0.25) is 0 Å². The van der Waals surface area contributed by atoms with Crippen molar-refractivity contribution >= 4 is 17.4 Å². The Balaban J connectivity index is 2.31. The molecule has 0 spiro atoms. The molecule has 1 aromatic rings. The highest BCUT2D eigenvalue weighted by Crippen LogP contribution is 2.15. The molecule has 0 fully saturated rings. The number of hydrogen-bond acceptors (Lipinski definition) is 3. The van der Waals surface area contributed by atoms with E-state index in [0.717, 1.165) is 19.3 Å². The Morgan fingerprint density at radius 1 is 1.40 bits per heavy atom. The second-order valence-corrected chi connectivity index (χ2v) is 3.70. The first kappa shape index (κ1) is 12.2. The van der Waals surface area contributed by atoms with E-state index in [-0.39, 0.29) is 5.82 Å². The second kappa shape index (κ2) is 6.58. The molecule has 0 unspecified atom stereocenters. The molecular formula is C10H15ClFN3. The number of nitrogens with two attached hydrogens (primary N) is 1.